The van der Waals surface area contributed by atoms with Crippen molar-refractivity contribution in [2.75, 3.05) is 5.32 Å². The van der Waals surface area contributed by atoms with Crippen molar-refractivity contribution < 1.29 is 8.42 Å². The first-order chi connectivity index (χ1) is 9.29. The van der Waals surface area contributed by atoms with Crippen LogP contribution in [0.1, 0.15) is 18.8 Å². The molecule has 2 rings (SSSR count). The molecule has 0 saturated heterocycles. The van der Waals surface area contributed by atoms with Crippen molar-refractivity contribution in [3.05, 3.63) is 41.4 Å². The molecular formula is C12H15ClN4O2S. The summed E-state index contributed by atoms with van der Waals surface area (Å²) in [6, 6.07) is 4.14. The molecule has 0 fully saturated rings. The van der Waals surface area contributed by atoms with Crippen molar-refractivity contribution in [1.29, 1.82) is 0 Å². The molecule has 1 aromatic carbocycles. The Morgan fingerprint density at radius 2 is 2.15 bits per heavy atom. The molecule has 0 aliphatic carbocycles. The predicted octanol–water partition coefficient (Wildman–Crippen LogP) is 1.89. The number of nitrogens with two attached hydrogens (primary N) is 1. The van der Waals surface area contributed by atoms with Crippen LogP contribution < -0.4 is 10.5 Å². The summed E-state index contributed by atoms with van der Waals surface area (Å²) in [7, 11) is -1.88. The van der Waals surface area contributed by atoms with Gasteiger partial charge in [-0.2, -0.15) is 0 Å². The van der Waals surface area contributed by atoms with Crippen LogP contribution in [0.25, 0.3) is 0 Å². The summed E-state index contributed by atoms with van der Waals surface area (Å²) in [6.07, 6.45) is 3.52. The molecule has 0 spiro atoms. The summed E-state index contributed by atoms with van der Waals surface area (Å²) in [6.45, 7) is 1.91. The van der Waals surface area contributed by atoms with Crippen LogP contribution in [0.15, 0.2) is 35.5 Å². The first-order valence-electron chi connectivity index (χ1n) is 5.85. The van der Waals surface area contributed by atoms with E-state index in [1.54, 1.807) is 6.20 Å². The first-order valence-corrected chi connectivity index (χ1v) is 7.77. The zero-order valence-electron chi connectivity index (χ0n) is 11.0. The third-order valence-corrected chi connectivity index (χ3v) is 4.12. The van der Waals surface area contributed by atoms with Crippen LogP contribution in [0.5, 0.6) is 0 Å². The minimum absolute atomic E-state index is 0.0106. The quantitative estimate of drug-likeness (QED) is 0.901. The number of imidazole rings is 1. The van der Waals surface area contributed by atoms with E-state index in [0.717, 1.165) is 5.82 Å². The number of primary sulfonamides is 1. The van der Waals surface area contributed by atoms with Crippen LogP contribution in [0, 0.1) is 0 Å². The van der Waals surface area contributed by atoms with Crippen molar-refractivity contribution in [2.24, 2.45) is 12.2 Å². The fourth-order valence-electron chi connectivity index (χ4n) is 1.88. The number of nitrogens with one attached hydrogen (secondary N) is 1. The van der Waals surface area contributed by atoms with E-state index in [1.807, 2.05) is 24.7 Å². The largest absolute Gasteiger partial charge is 0.374 e. The number of nitrogens with zero attached hydrogens (tertiary/aromatic N) is 2. The van der Waals surface area contributed by atoms with Crippen LogP contribution >= 0.6 is 11.6 Å². The molecule has 2 aromatic rings. The molecule has 8 heteroatoms. The summed E-state index contributed by atoms with van der Waals surface area (Å²) in [5.41, 5.74) is 0.494. The number of aromatic nitrogens is 2. The molecule has 6 nitrogen and oxygen atoms in total. The molecule has 1 aromatic heterocycles. The third kappa shape index (κ3) is 3.12. The Morgan fingerprint density at radius 3 is 2.70 bits per heavy atom. The second-order valence-corrected chi connectivity index (χ2v) is 6.42. The van der Waals surface area contributed by atoms with Crippen LogP contribution in [-0.2, 0) is 17.1 Å². The second kappa shape index (κ2) is 5.43. The Bertz CT molecular complexity index is 727. The number of benzene rings is 1. The first kappa shape index (κ1) is 14.8. The zero-order valence-corrected chi connectivity index (χ0v) is 12.6. The Labute approximate surface area is 122 Å². The molecule has 1 atom stereocenters. The van der Waals surface area contributed by atoms with Gasteiger partial charge in [-0.25, -0.2) is 18.5 Å². The lowest BCUT2D eigenvalue weighted by Crippen LogP contribution is -2.14. The number of halogens is 1. The number of sulfonamides is 1. The topological polar surface area (TPSA) is 90.0 Å². The summed E-state index contributed by atoms with van der Waals surface area (Å²) in [5.74, 6) is 0.807. The van der Waals surface area contributed by atoms with Gasteiger partial charge < -0.3 is 9.88 Å². The fraction of sp³-hybridized carbons (Fsp3) is 0.250. The monoisotopic (exact) mass is 314 g/mol. The summed E-state index contributed by atoms with van der Waals surface area (Å²) < 4.78 is 24.6. The molecule has 0 aliphatic rings. The van der Waals surface area contributed by atoms with Crippen molar-refractivity contribution in [3.8, 4) is 0 Å². The highest BCUT2D eigenvalue weighted by Gasteiger charge is 2.15. The Hall–Kier alpha value is -1.57. The molecule has 0 aliphatic heterocycles. The molecule has 1 unspecified atom stereocenters. The third-order valence-electron chi connectivity index (χ3n) is 2.88. The van der Waals surface area contributed by atoms with Crippen molar-refractivity contribution >= 4 is 27.3 Å². The Balaban J connectivity index is 2.32. The van der Waals surface area contributed by atoms with Crippen molar-refractivity contribution in [2.45, 2.75) is 17.9 Å². The van der Waals surface area contributed by atoms with E-state index in [9.17, 15) is 8.42 Å². The smallest absolute Gasteiger partial charge is 0.238 e. The standard InChI is InChI=1S/C12H15ClN4O2S/c1-8(12-15-5-6-17(12)2)16-11-7-9(20(14,18)19)3-4-10(11)13/h3-8,16H,1-2H3,(H2,14,18,19). The van der Waals surface area contributed by atoms with E-state index in [0.29, 0.717) is 10.7 Å². The maximum absolute atomic E-state index is 11.4. The van der Waals surface area contributed by atoms with Crippen LogP contribution in [0.3, 0.4) is 0 Å². The second-order valence-electron chi connectivity index (χ2n) is 4.45. The van der Waals surface area contributed by atoms with E-state index in [1.165, 1.54) is 18.2 Å². The van der Waals surface area contributed by atoms with E-state index in [2.05, 4.69) is 10.3 Å². The van der Waals surface area contributed by atoms with E-state index >= 15 is 0 Å². The molecule has 0 bridgehead atoms. The number of hydrogen-bond donors (Lipinski definition) is 2. The molecule has 20 heavy (non-hydrogen) atoms. The lowest BCUT2D eigenvalue weighted by atomic mass is 10.2. The summed E-state index contributed by atoms with van der Waals surface area (Å²) in [5, 5.41) is 8.66. The molecule has 0 radical (unpaired) electrons. The summed E-state index contributed by atoms with van der Waals surface area (Å²) in [4.78, 5) is 4.24. The van der Waals surface area contributed by atoms with Gasteiger partial charge in [0.15, 0.2) is 0 Å². The Morgan fingerprint density at radius 1 is 1.45 bits per heavy atom. The van der Waals surface area contributed by atoms with E-state index < -0.39 is 10.0 Å². The van der Waals surface area contributed by atoms with Crippen molar-refractivity contribution in [3.63, 3.8) is 0 Å². The maximum Gasteiger partial charge on any atom is 0.238 e. The lowest BCUT2D eigenvalue weighted by molar-refractivity contribution is 0.598. The van der Waals surface area contributed by atoms with Gasteiger partial charge in [-0.3, -0.25) is 0 Å². The average Bonchev–Trinajstić information content (AvgIpc) is 2.77. The molecule has 108 valence electrons. The highest BCUT2D eigenvalue weighted by molar-refractivity contribution is 7.89. The normalized spacial score (nSPS) is 13.2. The number of rotatable bonds is 4. The van der Waals surface area contributed by atoms with E-state index in [-0.39, 0.29) is 10.9 Å². The van der Waals surface area contributed by atoms with Crippen LogP contribution in [-0.4, -0.2) is 18.0 Å². The minimum Gasteiger partial charge on any atom is -0.374 e. The van der Waals surface area contributed by atoms with Gasteiger partial charge >= 0.3 is 0 Å². The summed E-state index contributed by atoms with van der Waals surface area (Å²) >= 11 is 6.07. The van der Waals surface area contributed by atoms with Gasteiger partial charge in [-0.05, 0) is 25.1 Å². The number of aryl methyl sites for hydroxylation is 1. The van der Waals surface area contributed by atoms with Gasteiger partial charge in [0, 0.05) is 19.4 Å². The minimum atomic E-state index is -3.76. The number of anilines is 1. The van der Waals surface area contributed by atoms with Gasteiger partial charge in [0.05, 0.1) is 21.6 Å². The highest BCUT2D eigenvalue weighted by atomic mass is 35.5. The fourth-order valence-corrected chi connectivity index (χ4v) is 2.60. The van der Waals surface area contributed by atoms with Gasteiger partial charge in [0.25, 0.3) is 0 Å². The van der Waals surface area contributed by atoms with Gasteiger partial charge in [-0.1, -0.05) is 11.6 Å². The molecular weight excluding hydrogens is 300 g/mol. The predicted molar refractivity (Wildman–Crippen MR) is 78.1 cm³/mol. The zero-order chi connectivity index (χ0) is 14.9. The van der Waals surface area contributed by atoms with E-state index in [4.69, 9.17) is 16.7 Å². The highest BCUT2D eigenvalue weighted by Crippen LogP contribution is 2.28. The maximum atomic E-state index is 11.4. The van der Waals surface area contributed by atoms with Crippen molar-refractivity contribution in [1.82, 2.24) is 9.55 Å². The SMILES string of the molecule is CC(Nc1cc(S(N)(=O)=O)ccc1Cl)c1nccn1C. The van der Waals surface area contributed by atoms with Crippen LogP contribution in [0.4, 0.5) is 5.69 Å². The molecule has 0 amide bonds. The van der Waals surface area contributed by atoms with Crippen LogP contribution in [0.2, 0.25) is 5.02 Å². The van der Waals surface area contributed by atoms with Gasteiger partial charge in [0.1, 0.15) is 5.82 Å². The molecule has 0 saturated carbocycles. The lowest BCUT2D eigenvalue weighted by Gasteiger charge is -2.16. The van der Waals surface area contributed by atoms with Gasteiger partial charge in [0.2, 0.25) is 10.0 Å². The molecule has 1 heterocycles. The van der Waals surface area contributed by atoms with Gasteiger partial charge in [-0.15, -0.1) is 0 Å². The number of hydrogen-bond acceptors (Lipinski definition) is 4. The Kier molecular flexibility index (Phi) is 4.03. The average molecular weight is 315 g/mol. The molecule has 3 N–H and O–H groups in total.